The molecular formula is C21H35NO5P2S. The van der Waals surface area contributed by atoms with Gasteiger partial charge in [-0.3, -0.25) is 9.09 Å². The third-order valence-electron chi connectivity index (χ3n) is 5.81. The molecule has 1 aliphatic carbocycles. The minimum Gasteiger partial charge on any atom is -0.318 e. The molecule has 170 valence electrons. The Morgan fingerprint density at radius 3 is 2.30 bits per heavy atom. The monoisotopic (exact) mass is 475 g/mol. The lowest BCUT2D eigenvalue weighted by Gasteiger charge is -2.50. The molecule has 0 radical (unpaired) electrons. The van der Waals surface area contributed by atoms with Crippen LogP contribution in [-0.2, 0) is 34.5 Å². The standard InChI is InChI=1S/C21H35NO5P2S/c1-5-24-29(30,25-6-2)22-21(15-11-8-12-16-21)28(23)26-17-20(3,4)19(27-28)18-13-9-7-10-14-18/h7,9-10,13-14,19H,5-6,8,11-12,15-17H2,1-4H3,(H,22,30)/t19-,28?/m0/s1. The largest absolute Gasteiger partial charge is 0.351 e. The highest BCUT2D eigenvalue weighted by Gasteiger charge is 2.59. The lowest BCUT2D eigenvalue weighted by atomic mass is 9.83. The van der Waals surface area contributed by atoms with E-state index in [1.165, 1.54) is 0 Å². The van der Waals surface area contributed by atoms with Crippen LogP contribution in [0.1, 0.15) is 71.5 Å². The number of rotatable bonds is 8. The van der Waals surface area contributed by atoms with E-state index in [1.54, 1.807) is 0 Å². The van der Waals surface area contributed by atoms with E-state index in [0.29, 0.717) is 32.7 Å². The first kappa shape index (κ1) is 24.5. The summed E-state index contributed by atoms with van der Waals surface area (Å²) in [6.45, 7) is 6.30. The minimum atomic E-state index is -3.58. The minimum absolute atomic E-state index is 0.314. The van der Waals surface area contributed by atoms with Gasteiger partial charge in [0.25, 0.3) is 6.64 Å². The first-order valence-electron chi connectivity index (χ1n) is 10.9. The Bertz CT molecular complexity index is 788. The molecule has 0 amide bonds. The van der Waals surface area contributed by atoms with Crippen LogP contribution in [0.5, 0.6) is 0 Å². The van der Waals surface area contributed by atoms with Gasteiger partial charge in [-0.25, -0.2) is 5.09 Å². The summed E-state index contributed by atoms with van der Waals surface area (Å²) in [6.07, 6.45) is 3.92. The highest BCUT2D eigenvalue weighted by atomic mass is 32.5. The van der Waals surface area contributed by atoms with E-state index in [1.807, 2.05) is 44.2 Å². The Labute approximate surface area is 186 Å². The number of hydrogen-bond donors (Lipinski definition) is 1. The Morgan fingerprint density at radius 2 is 1.73 bits per heavy atom. The van der Waals surface area contributed by atoms with E-state index < -0.39 is 19.5 Å². The first-order chi connectivity index (χ1) is 14.2. The SMILES string of the molecule is CCOP(=S)(NC1(P2(=O)OCC(C)(C)[C@H](c3ccccc3)O2)CCCCC1)OCC. The van der Waals surface area contributed by atoms with Crippen molar-refractivity contribution in [3.8, 4) is 0 Å². The molecule has 1 aromatic rings. The van der Waals surface area contributed by atoms with Crippen LogP contribution in [0.4, 0.5) is 0 Å². The van der Waals surface area contributed by atoms with Gasteiger partial charge < -0.3 is 13.6 Å². The van der Waals surface area contributed by atoms with Crippen LogP contribution < -0.4 is 5.09 Å². The van der Waals surface area contributed by atoms with E-state index in [4.69, 9.17) is 29.9 Å². The normalized spacial score (nSPS) is 28.9. The molecule has 1 heterocycles. The number of hydrogen-bond acceptors (Lipinski definition) is 6. The average molecular weight is 476 g/mol. The van der Waals surface area contributed by atoms with Gasteiger partial charge in [0.05, 0.1) is 25.9 Å². The second-order valence-electron chi connectivity index (χ2n) is 8.69. The third-order valence-corrected chi connectivity index (χ3v) is 11.4. The Morgan fingerprint density at radius 1 is 1.13 bits per heavy atom. The molecule has 2 fully saturated rings. The molecular weight excluding hydrogens is 440 g/mol. The molecule has 6 nitrogen and oxygen atoms in total. The molecule has 1 saturated carbocycles. The smallest absolute Gasteiger partial charge is 0.318 e. The van der Waals surface area contributed by atoms with Gasteiger partial charge >= 0.3 is 7.60 Å². The highest BCUT2D eigenvalue weighted by molar-refractivity contribution is 8.09. The van der Waals surface area contributed by atoms with Crippen molar-refractivity contribution in [2.45, 2.75) is 71.2 Å². The van der Waals surface area contributed by atoms with Crippen molar-refractivity contribution in [3.05, 3.63) is 35.9 Å². The van der Waals surface area contributed by atoms with E-state index in [-0.39, 0.29) is 11.5 Å². The topological polar surface area (TPSA) is 66.0 Å². The summed E-state index contributed by atoms with van der Waals surface area (Å²) in [7, 11) is -3.58. The maximum atomic E-state index is 14.4. The van der Waals surface area contributed by atoms with Crippen molar-refractivity contribution in [2.75, 3.05) is 19.8 Å². The predicted molar refractivity (Wildman–Crippen MR) is 124 cm³/mol. The summed E-state index contributed by atoms with van der Waals surface area (Å²) in [5.41, 5.74) is 0.691. The van der Waals surface area contributed by atoms with Crippen LogP contribution in [0.2, 0.25) is 0 Å². The zero-order valence-electron chi connectivity index (χ0n) is 18.5. The van der Waals surface area contributed by atoms with Crippen molar-refractivity contribution in [1.29, 1.82) is 0 Å². The van der Waals surface area contributed by atoms with Gasteiger partial charge in [-0.1, -0.05) is 63.4 Å². The first-order valence-corrected chi connectivity index (χ1v) is 15.0. The van der Waals surface area contributed by atoms with Gasteiger partial charge in [0.1, 0.15) is 5.28 Å². The van der Waals surface area contributed by atoms with Crippen LogP contribution in [0.15, 0.2) is 30.3 Å². The molecule has 1 unspecified atom stereocenters. The van der Waals surface area contributed by atoms with Gasteiger partial charge in [-0.15, -0.1) is 0 Å². The molecule has 2 atom stereocenters. The summed E-state index contributed by atoms with van der Waals surface area (Å²) < 4.78 is 38.7. The van der Waals surface area contributed by atoms with E-state index in [0.717, 1.165) is 24.8 Å². The summed E-state index contributed by atoms with van der Waals surface area (Å²) in [5.74, 6) is 0. The van der Waals surface area contributed by atoms with Crippen LogP contribution in [-0.4, -0.2) is 25.1 Å². The van der Waals surface area contributed by atoms with E-state index in [2.05, 4.69) is 18.9 Å². The quantitative estimate of drug-likeness (QED) is 0.428. The van der Waals surface area contributed by atoms with Crippen LogP contribution in [0.25, 0.3) is 0 Å². The lowest BCUT2D eigenvalue weighted by molar-refractivity contribution is -0.0367. The molecule has 0 bridgehead atoms. The molecule has 1 aromatic carbocycles. The van der Waals surface area contributed by atoms with Crippen LogP contribution >= 0.6 is 14.2 Å². The summed E-state index contributed by atoms with van der Waals surface area (Å²) in [4.78, 5) is 0. The zero-order valence-corrected chi connectivity index (χ0v) is 21.1. The van der Waals surface area contributed by atoms with Gasteiger partial charge in [0.2, 0.25) is 0 Å². The summed E-state index contributed by atoms with van der Waals surface area (Å²) in [5, 5.41) is 2.53. The van der Waals surface area contributed by atoms with E-state index in [9.17, 15) is 4.57 Å². The lowest BCUT2D eigenvalue weighted by Crippen LogP contribution is -2.49. The summed E-state index contributed by atoms with van der Waals surface area (Å²) >= 11 is 5.76. The zero-order chi connectivity index (χ0) is 21.9. The Balaban J connectivity index is 1.98. The fourth-order valence-corrected chi connectivity index (χ4v) is 10.7. The number of benzene rings is 1. The second-order valence-corrected chi connectivity index (χ2v) is 14.2. The van der Waals surface area contributed by atoms with Crippen LogP contribution in [0, 0.1) is 5.41 Å². The number of nitrogens with one attached hydrogen (secondary N) is 1. The predicted octanol–water partition coefficient (Wildman–Crippen LogP) is 6.54. The van der Waals surface area contributed by atoms with Crippen molar-refractivity contribution in [3.63, 3.8) is 0 Å². The van der Waals surface area contributed by atoms with Gasteiger partial charge in [-0.2, -0.15) is 0 Å². The second kappa shape index (κ2) is 9.80. The maximum Gasteiger partial charge on any atom is 0.351 e. The molecule has 30 heavy (non-hydrogen) atoms. The Kier molecular flexibility index (Phi) is 8.02. The van der Waals surface area contributed by atoms with Crippen molar-refractivity contribution < 1.29 is 22.7 Å². The van der Waals surface area contributed by atoms with Gasteiger partial charge in [-0.05, 0) is 44.1 Å². The molecule has 1 aliphatic heterocycles. The average Bonchev–Trinajstić information content (AvgIpc) is 2.71. The van der Waals surface area contributed by atoms with E-state index >= 15 is 0 Å². The molecule has 0 spiro atoms. The molecule has 2 aliphatic rings. The fourth-order valence-electron chi connectivity index (χ4n) is 4.28. The van der Waals surface area contributed by atoms with Gasteiger partial charge in [0.15, 0.2) is 0 Å². The third kappa shape index (κ3) is 5.10. The molecule has 0 aromatic heterocycles. The highest BCUT2D eigenvalue weighted by Crippen LogP contribution is 2.72. The summed E-state index contributed by atoms with van der Waals surface area (Å²) in [6, 6.07) is 9.98. The molecule has 1 saturated heterocycles. The maximum absolute atomic E-state index is 14.4. The molecule has 9 heteroatoms. The van der Waals surface area contributed by atoms with Crippen LogP contribution in [0.3, 0.4) is 0 Å². The molecule has 1 N–H and O–H groups in total. The fraction of sp³-hybridized carbons (Fsp3) is 0.714. The van der Waals surface area contributed by atoms with Crippen molar-refractivity contribution >= 4 is 26.0 Å². The van der Waals surface area contributed by atoms with Crippen molar-refractivity contribution in [2.24, 2.45) is 5.41 Å². The van der Waals surface area contributed by atoms with Gasteiger partial charge in [0, 0.05) is 5.41 Å². The van der Waals surface area contributed by atoms with Crippen molar-refractivity contribution in [1.82, 2.24) is 5.09 Å². The molecule has 3 rings (SSSR count). The Hall–Kier alpha value is -0.100.